The van der Waals surface area contributed by atoms with Crippen LogP contribution in [0.4, 0.5) is 10.1 Å². The lowest BCUT2D eigenvalue weighted by molar-refractivity contribution is -0.113. The summed E-state index contributed by atoms with van der Waals surface area (Å²) in [7, 11) is 0. The van der Waals surface area contributed by atoms with Crippen LogP contribution < -0.4 is 10.6 Å². The van der Waals surface area contributed by atoms with Crippen LogP contribution in [0, 0.1) is 5.82 Å². The van der Waals surface area contributed by atoms with Crippen LogP contribution >= 0.6 is 34.7 Å². The highest BCUT2D eigenvalue weighted by atomic mass is 35.5. The highest BCUT2D eigenvalue weighted by Gasteiger charge is 2.17. The number of carbonyl (C=O) groups is 3. The van der Waals surface area contributed by atoms with Gasteiger partial charge in [-0.15, -0.1) is 23.1 Å². The van der Waals surface area contributed by atoms with Crippen LogP contribution in [0.1, 0.15) is 25.6 Å². The van der Waals surface area contributed by atoms with Gasteiger partial charge in [-0.2, -0.15) is 0 Å². The third-order valence-corrected chi connectivity index (χ3v) is 7.31. The van der Waals surface area contributed by atoms with Gasteiger partial charge in [0, 0.05) is 21.7 Å². The number of hydrogen-bond acceptors (Lipinski definition) is 5. The van der Waals surface area contributed by atoms with Crippen LogP contribution in [0.15, 0.2) is 101 Å². The van der Waals surface area contributed by atoms with Crippen molar-refractivity contribution in [3.05, 3.63) is 123 Å². The molecule has 186 valence electrons. The van der Waals surface area contributed by atoms with Gasteiger partial charge in [-0.1, -0.05) is 48.0 Å². The fourth-order valence-corrected chi connectivity index (χ4v) is 5.07. The van der Waals surface area contributed by atoms with E-state index in [1.165, 1.54) is 47.4 Å². The molecule has 0 saturated heterocycles. The van der Waals surface area contributed by atoms with Crippen LogP contribution in [-0.4, -0.2) is 23.4 Å². The zero-order valence-electron chi connectivity index (χ0n) is 19.2. The minimum absolute atomic E-state index is 0.0186. The maximum absolute atomic E-state index is 14.5. The molecule has 3 aromatic carbocycles. The fourth-order valence-electron chi connectivity index (χ4n) is 3.25. The number of nitrogens with one attached hydrogen (secondary N) is 2. The van der Waals surface area contributed by atoms with Crippen LogP contribution in [-0.2, 0) is 4.79 Å². The van der Waals surface area contributed by atoms with Gasteiger partial charge in [-0.25, -0.2) is 4.39 Å². The minimum Gasteiger partial charge on any atom is -0.321 e. The largest absolute Gasteiger partial charge is 0.321 e. The number of Topliss-reactive ketones (excluding diaryl/α,β-unsaturated/α-hetero) is 1. The quantitative estimate of drug-likeness (QED) is 0.135. The molecular formula is C28H20ClFN2O3S2. The molecule has 0 aliphatic rings. The first-order valence-electron chi connectivity index (χ1n) is 11.0. The Labute approximate surface area is 226 Å². The Bertz CT molecular complexity index is 1440. The van der Waals surface area contributed by atoms with E-state index in [1.807, 2.05) is 17.5 Å². The Kier molecular flexibility index (Phi) is 8.90. The highest BCUT2D eigenvalue weighted by Crippen LogP contribution is 2.25. The second kappa shape index (κ2) is 12.5. The fraction of sp³-hybridized carbons (Fsp3) is 0.0357. The van der Waals surface area contributed by atoms with Crippen molar-refractivity contribution in [1.82, 2.24) is 5.32 Å². The number of thioether (sulfide) groups is 1. The van der Waals surface area contributed by atoms with Gasteiger partial charge < -0.3 is 10.6 Å². The topological polar surface area (TPSA) is 75.3 Å². The summed E-state index contributed by atoms with van der Waals surface area (Å²) in [5, 5.41) is 7.23. The third kappa shape index (κ3) is 7.16. The number of halogens is 2. The minimum atomic E-state index is -0.666. The van der Waals surface area contributed by atoms with Gasteiger partial charge in [-0.05, 0) is 60.0 Å². The SMILES string of the molecule is O=C(Nc1cccc(SCC(=O)c2cccs2)c1)/C(=C/c1c(F)cccc1Cl)NC(=O)c1ccccc1. The summed E-state index contributed by atoms with van der Waals surface area (Å²) >= 11 is 8.89. The maximum atomic E-state index is 14.5. The molecule has 37 heavy (non-hydrogen) atoms. The first-order valence-corrected chi connectivity index (χ1v) is 13.3. The molecule has 2 N–H and O–H groups in total. The molecular weight excluding hydrogens is 531 g/mol. The molecule has 4 aromatic rings. The normalized spacial score (nSPS) is 11.1. The van der Waals surface area contributed by atoms with E-state index in [1.54, 1.807) is 54.6 Å². The molecule has 0 bridgehead atoms. The molecule has 0 unspecified atom stereocenters. The van der Waals surface area contributed by atoms with E-state index in [4.69, 9.17) is 11.6 Å². The number of amides is 2. The average Bonchev–Trinajstić information content (AvgIpc) is 3.45. The first-order chi connectivity index (χ1) is 17.9. The summed E-state index contributed by atoms with van der Waals surface area (Å²) in [4.78, 5) is 39.8. The average molecular weight is 551 g/mol. The van der Waals surface area contributed by atoms with Gasteiger partial charge in [0.15, 0.2) is 5.78 Å². The summed E-state index contributed by atoms with van der Waals surface area (Å²) in [6.45, 7) is 0. The number of ketones is 1. The number of benzene rings is 3. The van der Waals surface area contributed by atoms with E-state index in [9.17, 15) is 18.8 Å². The zero-order chi connectivity index (χ0) is 26.2. The Balaban J connectivity index is 1.54. The molecule has 0 radical (unpaired) electrons. The standard InChI is InChI=1S/C28H20ClFN2O3S2/c29-22-11-5-12-23(30)21(22)16-24(32-27(34)18-7-2-1-3-8-18)28(35)31-19-9-4-10-20(15-19)37-17-25(33)26-13-6-14-36-26/h1-16H,17H2,(H,31,35)(H,32,34)/b24-16-. The number of rotatable bonds is 9. The smallest absolute Gasteiger partial charge is 0.272 e. The van der Waals surface area contributed by atoms with Crippen molar-refractivity contribution in [2.75, 3.05) is 11.1 Å². The molecule has 0 atom stereocenters. The summed E-state index contributed by atoms with van der Waals surface area (Å²) in [6, 6.07) is 23.1. The summed E-state index contributed by atoms with van der Waals surface area (Å²) in [6.07, 6.45) is 1.20. The van der Waals surface area contributed by atoms with E-state index in [0.717, 1.165) is 4.90 Å². The van der Waals surface area contributed by atoms with E-state index >= 15 is 0 Å². The Morgan fingerprint density at radius 3 is 2.46 bits per heavy atom. The van der Waals surface area contributed by atoms with Crippen molar-refractivity contribution in [1.29, 1.82) is 0 Å². The number of thiophene rings is 1. The summed E-state index contributed by atoms with van der Waals surface area (Å²) in [5.74, 6) is -1.57. The molecule has 4 rings (SSSR count). The molecule has 0 aliphatic carbocycles. The lowest BCUT2D eigenvalue weighted by Gasteiger charge is -2.13. The van der Waals surface area contributed by atoms with Crippen molar-refractivity contribution in [3.63, 3.8) is 0 Å². The van der Waals surface area contributed by atoms with Gasteiger partial charge in [0.2, 0.25) is 0 Å². The second-order valence-electron chi connectivity index (χ2n) is 7.68. The van der Waals surface area contributed by atoms with E-state index in [0.29, 0.717) is 16.1 Å². The van der Waals surface area contributed by atoms with Crippen molar-refractivity contribution in [3.8, 4) is 0 Å². The predicted octanol–water partition coefficient (Wildman–Crippen LogP) is 6.93. The van der Waals surface area contributed by atoms with Gasteiger partial charge in [0.05, 0.1) is 15.7 Å². The predicted molar refractivity (Wildman–Crippen MR) is 148 cm³/mol. The van der Waals surface area contributed by atoms with Crippen LogP contribution in [0.25, 0.3) is 6.08 Å². The Morgan fingerprint density at radius 1 is 0.946 bits per heavy atom. The molecule has 1 heterocycles. The molecule has 9 heteroatoms. The summed E-state index contributed by atoms with van der Waals surface area (Å²) < 4.78 is 14.5. The van der Waals surface area contributed by atoms with E-state index in [2.05, 4.69) is 10.6 Å². The van der Waals surface area contributed by atoms with E-state index < -0.39 is 17.6 Å². The summed E-state index contributed by atoms with van der Waals surface area (Å²) in [5.41, 5.74) is 0.554. The van der Waals surface area contributed by atoms with Crippen molar-refractivity contribution >= 4 is 64.1 Å². The Morgan fingerprint density at radius 2 is 1.73 bits per heavy atom. The molecule has 0 fully saturated rings. The number of hydrogen-bond donors (Lipinski definition) is 2. The molecule has 0 saturated carbocycles. The monoisotopic (exact) mass is 550 g/mol. The molecule has 0 spiro atoms. The number of carbonyl (C=O) groups excluding carboxylic acids is 3. The van der Waals surface area contributed by atoms with Gasteiger partial charge >= 0.3 is 0 Å². The molecule has 1 aromatic heterocycles. The second-order valence-corrected chi connectivity index (χ2v) is 10.1. The highest BCUT2D eigenvalue weighted by molar-refractivity contribution is 8.00. The van der Waals surface area contributed by atoms with Gasteiger partial charge in [0.25, 0.3) is 11.8 Å². The lowest BCUT2D eigenvalue weighted by Crippen LogP contribution is -2.30. The lowest BCUT2D eigenvalue weighted by atomic mass is 10.1. The maximum Gasteiger partial charge on any atom is 0.272 e. The molecule has 2 amide bonds. The number of anilines is 1. The zero-order valence-corrected chi connectivity index (χ0v) is 21.6. The van der Waals surface area contributed by atoms with Crippen LogP contribution in [0.5, 0.6) is 0 Å². The molecule has 5 nitrogen and oxygen atoms in total. The third-order valence-electron chi connectivity index (χ3n) is 5.08. The first kappa shape index (κ1) is 26.3. The van der Waals surface area contributed by atoms with Crippen molar-refractivity contribution in [2.45, 2.75) is 4.90 Å². The Hall–Kier alpha value is -3.72. The van der Waals surface area contributed by atoms with Crippen molar-refractivity contribution in [2.24, 2.45) is 0 Å². The van der Waals surface area contributed by atoms with Crippen LogP contribution in [0.2, 0.25) is 5.02 Å². The van der Waals surface area contributed by atoms with Gasteiger partial charge in [-0.3, -0.25) is 14.4 Å². The van der Waals surface area contributed by atoms with Crippen LogP contribution in [0.3, 0.4) is 0 Å². The van der Waals surface area contributed by atoms with E-state index in [-0.39, 0.29) is 27.8 Å². The molecule has 0 aliphatic heterocycles. The van der Waals surface area contributed by atoms with Crippen molar-refractivity contribution < 1.29 is 18.8 Å². The van der Waals surface area contributed by atoms with Gasteiger partial charge in [0.1, 0.15) is 11.5 Å².